The van der Waals surface area contributed by atoms with Crippen LogP contribution < -0.4 is 4.74 Å². The van der Waals surface area contributed by atoms with Gasteiger partial charge in [0.2, 0.25) is 0 Å². The Kier molecular flexibility index (Phi) is 4.32. The molecule has 26 heavy (non-hydrogen) atoms. The minimum absolute atomic E-state index is 0.175. The van der Waals surface area contributed by atoms with Crippen LogP contribution in [0.1, 0.15) is 15.9 Å². The number of rotatable bonds is 4. The molecule has 0 atom stereocenters. The van der Waals surface area contributed by atoms with Gasteiger partial charge in [0.1, 0.15) is 28.6 Å². The molecule has 2 aromatic carbocycles. The van der Waals surface area contributed by atoms with E-state index in [1.54, 1.807) is 54.7 Å². The van der Waals surface area contributed by atoms with Gasteiger partial charge >= 0.3 is 0 Å². The molecule has 0 saturated heterocycles. The summed E-state index contributed by atoms with van der Waals surface area (Å²) in [5, 5.41) is 1.39. The molecule has 0 spiro atoms. The summed E-state index contributed by atoms with van der Waals surface area (Å²) in [4.78, 5) is 23.7. The first kappa shape index (κ1) is 16.6. The number of ether oxygens (including phenoxy) is 1. The number of nitrogens with zero attached hydrogens (tertiary/aromatic N) is 2. The molecule has 2 heterocycles. The van der Waals surface area contributed by atoms with Crippen molar-refractivity contribution in [3.8, 4) is 11.5 Å². The topological polar surface area (TPSA) is 67.9 Å². The molecule has 0 aliphatic carbocycles. The number of carbonyl (C=O) groups excluding carboxylic acids is 1. The summed E-state index contributed by atoms with van der Waals surface area (Å²) in [5.74, 6) is 1.10. The van der Waals surface area contributed by atoms with Crippen LogP contribution in [0.15, 0.2) is 61.1 Å². The van der Waals surface area contributed by atoms with E-state index in [4.69, 9.17) is 27.9 Å². The van der Waals surface area contributed by atoms with Crippen molar-refractivity contribution in [1.82, 2.24) is 15.0 Å². The van der Waals surface area contributed by atoms with Crippen LogP contribution in [0.2, 0.25) is 10.2 Å². The lowest BCUT2D eigenvalue weighted by Crippen LogP contribution is -2.00. The molecule has 0 saturated carbocycles. The number of nitrogens with one attached hydrogen (secondary N) is 1. The zero-order valence-corrected chi connectivity index (χ0v) is 14.8. The summed E-state index contributed by atoms with van der Waals surface area (Å²) in [6.07, 6.45) is 2.93. The molecule has 5 nitrogen and oxygen atoms in total. The van der Waals surface area contributed by atoms with E-state index in [0.717, 1.165) is 0 Å². The van der Waals surface area contributed by atoms with Crippen molar-refractivity contribution in [2.45, 2.75) is 0 Å². The number of aromatic nitrogens is 3. The molecule has 4 aromatic rings. The molecule has 0 radical (unpaired) electrons. The van der Waals surface area contributed by atoms with Gasteiger partial charge in [-0.15, -0.1) is 0 Å². The van der Waals surface area contributed by atoms with Crippen molar-refractivity contribution in [2.75, 3.05) is 0 Å². The number of hydrogen-bond acceptors (Lipinski definition) is 4. The Hall–Kier alpha value is -2.89. The fourth-order valence-corrected chi connectivity index (χ4v) is 2.93. The summed E-state index contributed by atoms with van der Waals surface area (Å²) >= 11 is 12.0. The van der Waals surface area contributed by atoms with E-state index in [0.29, 0.717) is 38.7 Å². The molecule has 0 aliphatic heterocycles. The lowest BCUT2D eigenvalue weighted by molar-refractivity contribution is 0.104. The normalized spacial score (nSPS) is 10.8. The smallest absolute Gasteiger partial charge is 0.195 e. The van der Waals surface area contributed by atoms with Gasteiger partial charge < -0.3 is 9.72 Å². The average Bonchev–Trinajstić information content (AvgIpc) is 3.09. The Morgan fingerprint density at radius 2 is 1.58 bits per heavy atom. The SMILES string of the molecule is O=C(c1ccc(Oc2ccc(Cl)cc2)cc1)c1c[nH]c2ncnc(Cl)c12. The van der Waals surface area contributed by atoms with Crippen molar-refractivity contribution in [3.05, 3.63) is 82.4 Å². The van der Waals surface area contributed by atoms with Crippen LogP contribution in [0.25, 0.3) is 11.0 Å². The molecule has 4 rings (SSSR count). The number of halogens is 2. The number of carbonyl (C=O) groups is 1. The monoisotopic (exact) mass is 383 g/mol. The van der Waals surface area contributed by atoms with Gasteiger partial charge in [-0.2, -0.15) is 0 Å². The van der Waals surface area contributed by atoms with E-state index in [2.05, 4.69) is 15.0 Å². The molecule has 0 aliphatic rings. The second kappa shape index (κ2) is 6.78. The molecular weight excluding hydrogens is 373 g/mol. The fourth-order valence-electron chi connectivity index (χ4n) is 2.57. The van der Waals surface area contributed by atoms with Gasteiger partial charge in [0.15, 0.2) is 5.78 Å². The summed E-state index contributed by atoms with van der Waals surface area (Å²) < 4.78 is 5.73. The summed E-state index contributed by atoms with van der Waals surface area (Å²) in [6.45, 7) is 0. The zero-order valence-electron chi connectivity index (χ0n) is 13.2. The molecule has 0 fully saturated rings. The van der Waals surface area contributed by atoms with Crippen molar-refractivity contribution in [1.29, 1.82) is 0 Å². The summed E-state index contributed by atoms with van der Waals surface area (Å²) in [5.41, 5.74) is 1.46. The van der Waals surface area contributed by atoms with Crippen LogP contribution >= 0.6 is 23.2 Å². The number of fused-ring (bicyclic) bond motifs is 1. The van der Waals surface area contributed by atoms with Crippen molar-refractivity contribution in [2.24, 2.45) is 0 Å². The van der Waals surface area contributed by atoms with Gasteiger partial charge in [0.05, 0.1) is 10.9 Å². The number of ketones is 1. The summed E-state index contributed by atoms with van der Waals surface area (Å²) in [6, 6.07) is 13.9. The summed E-state index contributed by atoms with van der Waals surface area (Å²) in [7, 11) is 0. The molecule has 0 amide bonds. The largest absolute Gasteiger partial charge is 0.457 e. The fraction of sp³-hybridized carbons (Fsp3) is 0. The molecule has 128 valence electrons. The van der Waals surface area contributed by atoms with Crippen LogP contribution in [0.4, 0.5) is 0 Å². The maximum absolute atomic E-state index is 12.8. The number of hydrogen-bond donors (Lipinski definition) is 1. The predicted octanol–water partition coefficient (Wildman–Crippen LogP) is 5.29. The van der Waals surface area contributed by atoms with Gasteiger partial charge in [-0.1, -0.05) is 23.2 Å². The first-order valence-corrected chi connectivity index (χ1v) is 8.43. The van der Waals surface area contributed by atoms with E-state index >= 15 is 0 Å². The second-order valence-electron chi connectivity index (χ2n) is 5.50. The highest BCUT2D eigenvalue weighted by Gasteiger charge is 2.17. The van der Waals surface area contributed by atoms with E-state index < -0.39 is 0 Å². The van der Waals surface area contributed by atoms with Crippen LogP contribution in [0.3, 0.4) is 0 Å². The lowest BCUT2D eigenvalue weighted by atomic mass is 10.0. The minimum Gasteiger partial charge on any atom is -0.457 e. The predicted molar refractivity (Wildman–Crippen MR) is 100 cm³/mol. The van der Waals surface area contributed by atoms with Gasteiger partial charge in [-0.05, 0) is 48.5 Å². The maximum atomic E-state index is 12.8. The third-order valence-electron chi connectivity index (χ3n) is 3.83. The Morgan fingerprint density at radius 1 is 0.923 bits per heavy atom. The van der Waals surface area contributed by atoms with Crippen molar-refractivity contribution >= 4 is 40.0 Å². The Balaban J connectivity index is 1.60. The highest BCUT2D eigenvalue weighted by atomic mass is 35.5. The van der Waals surface area contributed by atoms with Crippen LogP contribution in [0, 0.1) is 0 Å². The zero-order chi connectivity index (χ0) is 18.1. The van der Waals surface area contributed by atoms with Gasteiger partial charge in [0.25, 0.3) is 0 Å². The minimum atomic E-state index is -0.175. The molecule has 0 unspecified atom stereocenters. The van der Waals surface area contributed by atoms with Gasteiger partial charge in [0, 0.05) is 16.8 Å². The second-order valence-corrected chi connectivity index (χ2v) is 6.29. The van der Waals surface area contributed by atoms with Crippen molar-refractivity contribution < 1.29 is 9.53 Å². The number of benzene rings is 2. The van der Waals surface area contributed by atoms with E-state index in [1.807, 2.05) is 0 Å². The van der Waals surface area contributed by atoms with Crippen LogP contribution in [-0.2, 0) is 0 Å². The van der Waals surface area contributed by atoms with E-state index in [9.17, 15) is 4.79 Å². The molecule has 0 bridgehead atoms. The lowest BCUT2D eigenvalue weighted by Gasteiger charge is -2.06. The Bertz CT molecular complexity index is 1090. The van der Waals surface area contributed by atoms with E-state index in [1.165, 1.54) is 6.33 Å². The van der Waals surface area contributed by atoms with Crippen LogP contribution in [-0.4, -0.2) is 20.7 Å². The Morgan fingerprint density at radius 3 is 2.27 bits per heavy atom. The third-order valence-corrected chi connectivity index (χ3v) is 4.37. The molecule has 1 N–H and O–H groups in total. The highest BCUT2D eigenvalue weighted by molar-refractivity contribution is 6.36. The quantitative estimate of drug-likeness (QED) is 0.384. The highest BCUT2D eigenvalue weighted by Crippen LogP contribution is 2.27. The Labute approximate surface area is 158 Å². The van der Waals surface area contributed by atoms with E-state index in [-0.39, 0.29) is 10.9 Å². The number of aromatic amines is 1. The third kappa shape index (κ3) is 3.14. The molecule has 2 aromatic heterocycles. The first-order chi connectivity index (χ1) is 12.6. The van der Waals surface area contributed by atoms with Gasteiger partial charge in [-0.3, -0.25) is 4.79 Å². The van der Waals surface area contributed by atoms with Crippen LogP contribution in [0.5, 0.6) is 11.5 Å². The maximum Gasteiger partial charge on any atom is 0.195 e. The van der Waals surface area contributed by atoms with Gasteiger partial charge in [-0.25, -0.2) is 9.97 Å². The first-order valence-electron chi connectivity index (χ1n) is 7.67. The molecule has 7 heteroatoms. The van der Waals surface area contributed by atoms with Crippen molar-refractivity contribution in [3.63, 3.8) is 0 Å². The number of H-pyrrole nitrogens is 1. The molecular formula is C19H11Cl2N3O2. The average molecular weight is 384 g/mol. The standard InChI is InChI=1S/C19H11Cl2N3O2/c20-12-3-7-14(8-4-12)26-13-5-1-11(2-6-13)17(25)15-9-22-19-16(15)18(21)23-10-24-19/h1-10H,(H,22,23,24).